The van der Waals surface area contributed by atoms with E-state index < -0.39 is 5.97 Å². The zero-order valence-corrected chi connectivity index (χ0v) is 14.0. The molecule has 2 heterocycles. The van der Waals surface area contributed by atoms with Gasteiger partial charge in [0.1, 0.15) is 5.82 Å². The summed E-state index contributed by atoms with van der Waals surface area (Å²) < 4.78 is 0. The van der Waals surface area contributed by atoms with E-state index >= 15 is 0 Å². The maximum Gasteiger partial charge on any atom is 0.328 e. The fraction of sp³-hybridized carbons (Fsp3) is 0.471. The lowest BCUT2D eigenvalue weighted by Crippen LogP contribution is -2.38. The fourth-order valence-electron chi connectivity index (χ4n) is 3.00. The summed E-state index contributed by atoms with van der Waals surface area (Å²) in [7, 11) is 0. The van der Waals surface area contributed by atoms with Crippen LogP contribution < -0.4 is 5.32 Å². The van der Waals surface area contributed by atoms with Gasteiger partial charge in [0.25, 0.3) is 0 Å². The van der Waals surface area contributed by atoms with Crippen LogP contribution in [0.4, 0.5) is 5.82 Å². The van der Waals surface area contributed by atoms with Crippen molar-refractivity contribution in [3.05, 3.63) is 28.9 Å². The van der Waals surface area contributed by atoms with E-state index in [1.165, 1.54) is 6.08 Å². The number of likely N-dealkylation sites (tertiary alicyclic amines) is 1. The molecule has 2 fully saturated rings. The van der Waals surface area contributed by atoms with E-state index in [4.69, 9.17) is 16.7 Å². The van der Waals surface area contributed by atoms with Crippen LogP contribution in [0.15, 0.2) is 18.3 Å². The first-order chi connectivity index (χ1) is 11.5. The smallest absolute Gasteiger partial charge is 0.328 e. The molecule has 1 amide bonds. The highest BCUT2D eigenvalue weighted by atomic mass is 35.5. The molecule has 3 rings (SSSR count). The van der Waals surface area contributed by atoms with Crippen LogP contribution in [0.1, 0.15) is 31.2 Å². The minimum Gasteiger partial charge on any atom is -0.478 e. The zero-order valence-electron chi connectivity index (χ0n) is 13.2. The molecule has 1 saturated heterocycles. The van der Waals surface area contributed by atoms with Crippen LogP contribution in [0.3, 0.4) is 0 Å². The number of aliphatic carboxylic acids is 1. The van der Waals surface area contributed by atoms with Gasteiger partial charge in [0.05, 0.1) is 5.02 Å². The minimum absolute atomic E-state index is 0.138. The predicted octanol–water partition coefficient (Wildman–Crippen LogP) is 2.65. The molecule has 1 aliphatic heterocycles. The van der Waals surface area contributed by atoms with E-state index in [2.05, 4.69) is 10.3 Å². The largest absolute Gasteiger partial charge is 0.478 e. The quantitative estimate of drug-likeness (QED) is 0.798. The Hall–Kier alpha value is -2.08. The molecular formula is C17H20ClN3O3. The van der Waals surface area contributed by atoms with Crippen LogP contribution in [0.25, 0.3) is 6.08 Å². The second-order valence-corrected chi connectivity index (χ2v) is 6.72. The van der Waals surface area contributed by atoms with E-state index in [-0.39, 0.29) is 17.9 Å². The molecule has 2 N–H and O–H groups in total. The summed E-state index contributed by atoms with van der Waals surface area (Å²) in [5.41, 5.74) is 0.626. The van der Waals surface area contributed by atoms with E-state index in [1.807, 2.05) is 4.90 Å². The third-order valence-corrected chi connectivity index (χ3v) is 4.86. The molecule has 128 valence electrons. The molecule has 7 heteroatoms. The monoisotopic (exact) mass is 349 g/mol. The van der Waals surface area contributed by atoms with Crippen LogP contribution in [-0.4, -0.2) is 46.0 Å². The molecule has 1 aromatic rings. The molecule has 1 aliphatic carbocycles. The number of nitrogens with one attached hydrogen (secondary N) is 1. The highest BCUT2D eigenvalue weighted by Crippen LogP contribution is 2.30. The highest BCUT2D eigenvalue weighted by molar-refractivity contribution is 6.33. The van der Waals surface area contributed by atoms with Gasteiger partial charge in [-0.25, -0.2) is 9.78 Å². The first-order valence-corrected chi connectivity index (χ1v) is 8.52. The van der Waals surface area contributed by atoms with Crippen molar-refractivity contribution in [2.75, 3.05) is 18.4 Å². The van der Waals surface area contributed by atoms with Gasteiger partial charge in [-0.05, 0) is 37.0 Å². The van der Waals surface area contributed by atoms with Gasteiger partial charge in [-0.3, -0.25) is 4.79 Å². The molecule has 2 aliphatic rings. The number of carboxylic acid groups (broad SMARTS) is 1. The summed E-state index contributed by atoms with van der Waals surface area (Å²) in [6.45, 7) is 1.44. The zero-order chi connectivity index (χ0) is 17.1. The summed E-state index contributed by atoms with van der Waals surface area (Å²) in [4.78, 5) is 29.0. The third kappa shape index (κ3) is 3.87. The molecule has 6 nitrogen and oxygen atoms in total. The number of pyridine rings is 1. The van der Waals surface area contributed by atoms with Gasteiger partial charge >= 0.3 is 5.97 Å². The van der Waals surface area contributed by atoms with Crippen LogP contribution in [0, 0.1) is 5.92 Å². The topological polar surface area (TPSA) is 82.5 Å². The molecule has 0 bridgehead atoms. The van der Waals surface area contributed by atoms with Crippen LogP contribution in [0.5, 0.6) is 0 Å². The molecule has 1 unspecified atom stereocenters. The Morgan fingerprint density at radius 2 is 2.17 bits per heavy atom. The standard InChI is InChI=1S/C17H20ClN3O3/c18-14-8-11(4-5-15(22)23)9-19-16(14)20-13-6-7-21(10-13)17(24)12-2-1-3-12/h4-5,8-9,12-13H,1-3,6-7,10H2,(H,19,20)(H,22,23)/b5-4+. The Kier molecular flexibility index (Phi) is 5.04. The Balaban J connectivity index is 1.58. The van der Waals surface area contributed by atoms with Crippen molar-refractivity contribution in [1.82, 2.24) is 9.88 Å². The van der Waals surface area contributed by atoms with Crippen molar-refractivity contribution in [1.29, 1.82) is 0 Å². The second-order valence-electron chi connectivity index (χ2n) is 6.31. The van der Waals surface area contributed by atoms with Gasteiger partial charge in [-0.15, -0.1) is 0 Å². The number of amides is 1. The number of carbonyl (C=O) groups is 2. The van der Waals surface area contributed by atoms with E-state index in [1.54, 1.807) is 12.3 Å². The SMILES string of the molecule is O=C(O)/C=C/c1cnc(NC2CCN(C(=O)C3CCC3)C2)c(Cl)c1. The van der Waals surface area contributed by atoms with Gasteiger partial charge in [-0.2, -0.15) is 0 Å². The van der Waals surface area contributed by atoms with Crippen LogP contribution >= 0.6 is 11.6 Å². The molecule has 1 saturated carbocycles. The maximum absolute atomic E-state index is 12.3. The van der Waals surface area contributed by atoms with Crippen molar-refractivity contribution in [2.45, 2.75) is 31.7 Å². The summed E-state index contributed by atoms with van der Waals surface area (Å²) in [5.74, 6) is 0.0483. The number of carboxylic acids is 1. The molecule has 0 spiro atoms. The first-order valence-electron chi connectivity index (χ1n) is 8.15. The van der Waals surface area contributed by atoms with Crippen molar-refractivity contribution in [3.63, 3.8) is 0 Å². The summed E-state index contributed by atoms with van der Waals surface area (Å²) in [6.07, 6.45) is 8.13. The number of halogens is 1. The number of aromatic nitrogens is 1. The van der Waals surface area contributed by atoms with Gasteiger partial charge in [-0.1, -0.05) is 18.0 Å². The predicted molar refractivity (Wildman–Crippen MR) is 91.9 cm³/mol. The maximum atomic E-state index is 12.3. The van der Waals surface area contributed by atoms with Crippen molar-refractivity contribution < 1.29 is 14.7 Å². The Morgan fingerprint density at radius 1 is 1.38 bits per heavy atom. The van der Waals surface area contributed by atoms with Gasteiger partial charge in [0.15, 0.2) is 0 Å². The average molecular weight is 350 g/mol. The Labute approximate surface area is 145 Å². The van der Waals surface area contributed by atoms with E-state index in [0.29, 0.717) is 22.9 Å². The van der Waals surface area contributed by atoms with E-state index in [0.717, 1.165) is 38.3 Å². The number of hydrogen-bond acceptors (Lipinski definition) is 4. The van der Waals surface area contributed by atoms with Crippen molar-refractivity contribution >= 4 is 35.4 Å². The molecule has 24 heavy (non-hydrogen) atoms. The third-order valence-electron chi connectivity index (χ3n) is 4.58. The lowest BCUT2D eigenvalue weighted by Gasteiger charge is -2.29. The number of carbonyl (C=O) groups excluding carboxylic acids is 1. The van der Waals surface area contributed by atoms with Gasteiger partial charge < -0.3 is 15.3 Å². The number of anilines is 1. The van der Waals surface area contributed by atoms with Crippen LogP contribution in [-0.2, 0) is 9.59 Å². The summed E-state index contributed by atoms with van der Waals surface area (Å²) >= 11 is 6.22. The average Bonchev–Trinajstić information content (AvgIpc) is 2.94. The highest BCUT2D eigenvalue weighted by Gasteiger charge is 2.33. The number of rotatable bonds is 5. The summed E-state index contributed by atoms with van der Waals surface area (Å²) in [6, 6.07) is 1.81. The normalized spacial score (nSPS) is 21.0. The molecular weight excluding hydrogens is 330 g/mol. The first kappa shape index (κ1) is 16.8. The minimum atomic E-state index is -1.02. The molecule has 0 aromatic carbocycles. The van der Waals surface area contributed by atoms with Crippen molar-refractivity contribution in [3.8, 4) is 0 Å². The fourth-order valence-corrected chi connectivity index (χ4v) is 3.23. The van der Waals surface area contributed by atoms with Crippen LogP contribution in [0.2, 0.25) is 5.02 Å². The number of hydrogen-bond donors (Lipinski definition) is 2. The lowest BCUT2D eigenvalue weighted by molar-refractivity contribution is -0.137. The number of nitrogens with zero attached hydrogens (tertiary/aromatic N) is 2. The molecule has 0 radical (unpaired) electrons. The summed E-state index contributed by atoms with van der Waals surface area (Å²) in [5, 5.41) is 12.4. The van der Waals surface area contributed by atoms with E-state index in [9.17, 15) is 9.59 Å². The lowest BCUT2D eigenvalue weighted by atomic mass is 9.84. The second kappa shape index (κ2) is 7.21. The molecule has 1 atom stereocenters. The Morgan fingerprint density at radius 3 is 2.79 bits per heavy atom. The van der Waals surface area contributed by atoms with Crippen molar-refractivity contribution in [2.24, 2.45) is 5.92 Å². The Bertz CT molecular complexity index is 673. The van der Waals surface area contributed by atoms with Gasteiger partial charge in [0, 0.05) is 37.3 Å². The molecule has 1 aromatic heterocycles. The van der Waals surface area contributed by atoms with Gasteiger partial charge in [0.2, 0.25) is 5.91 Å².